The van der Waals surface area contributed by atoms with E-state index in [1.54, 1.807) is 6.92 Å². The molecule has 1 unspecified atom stereocenters. The number of nitro groups is 1. The van der Waals surface area contributed by atoms with Gasteiger partial charge < -0.3 is 10.4 Å². The van der Waals surface area contributed by atoms with Crippen LogP contribution in [0.3, 0.4) is 0 Å². The van der Waals surface area contributed by atoms with Gasteiger partial charge in [0.25, 0.3) is 11.6 Å². The number of hydrogen-bond acceptors (Lipinski definition) is 4. The summed E-state index contributed by atoms with van der Waals surface area (Å²) in [5, 5.41) is 22.4. The maximum absolute atomic E-state index is 12.0. The lowest BCUT2D eigenvalue weighted by molar-refractivity contribution is -0.384. The average molecular weight is 287 g/mol. The van der Waals surface area contributed by atoms with Crippen LogP contribution in [-0.4, -0.2) is 28.1 Å². The number of carbonyl (C=O) groups is 1. The highest BCUT2D eigenvalue weighted by atomic mass is 35.5. The Hall–Kier alpha value is -1.66. The van der Waals surface area contributed by atoms with Crippen molar-refractivity contribution < 1.29 is 14.8 Å². The van der Waals surface area contributed by atoms with Gasteiger partial charge in [-0.3, -0.25) is 14.9 Å². The molecule has 0 saturated carbocycles. The smallest absolute Gasteiger partial charge is 0.288 e. The van der Waals surface area contributed by atoms with E-state index in [1.165, 1.54) is 18.2 Å². The summed E-state index contributed by atoms with van der Waals surface area (Å²) in [6.07, 6.45) is 0.516. The van der Waals surface area contributed by atoms with E-state index in [0.29, 0.717) is 6.42 Å². The number of nitrogens with one attached hydrogen (secondary N) is 1. The molecule has 0 bridgehead atoms. The molecule has 1 rings (SSSR count). The third-order valence-corrected chi connectivity index (χ3v) is 3.36. The standard InChI is InChI=1S/C12H15ClN2O4/c1-3-12(2,7-16)14-11(17)8-5-4-6-9(10(8)13)15(18)19/h4-6,16H,3,7H2,1-2H3,(H,14,17). The van der Waals surface area contributed by atoms with E-state index in [0.717, 1.165) is 0 Å². The second kappa shape index (κ2) is 5.99. The number of amides is 1. The second-order valence-electron chi connectivity index (χ2n) is 4.42. The average Bonchev–Trinajstić information content (AvgIpc) is 2.38. The Morgan fingerprint density at radius 3 is 2.68 bits per heavy atom. The van der Waals surface area contributed by atoms with Crippen LogP contribution >= 0.6 is 11.6 Å². The molecule has 0 radical (unpaired) electrons. The Morgan fingerprint density at radius 1 is 1.58 bits per heavy atom. The Bertz CT molecular complexity index is 501. The molecule has 19 heavy (non-hydrogen) atoms. The summed E-state index contributed by atoms with van der Waals surface area (Å²) in [7, 11) is 0. The molecule has 0 aliphatic rings. The number of hydrogen-bond donors (Lipinski definition) is 2. The summed E-state index contributed by atoms with van der Waals surface area (Å²) in [5.41, 5.74) is -1.09. The predicted molar refractivity (Wildman–Crippen MR) is 71.4 cm³/mol. The van der Waals surface area contributed by atoms with E-state index in [-0.39, 0.29) is 22.9 Å². The van der Waals surface area contributed by atoms with Crippen LogP contribution in [0.4, 0.5) is 5.69 Å². The minimum atomic E-state index is -0.787. The third-order valence-electron chi connectivity index (χ3n) is 2.96. The number of aliphatic hydroxyl groups is 1. The fourth-order valence-corrected chi connectivity index (χ4v) is 1.70. The lowest BCUT2D eigenvalue weighted by Crippen LogP contribution is -2.48. The summed E-state index contributed by atoms with van der Waals surface area (Å²) in [5.74, 6) is -0.549. The van der Waals surface area contributed by atoms with E-state index < -0.39 is 16.4 Å². The SMILES string of the molecule is CCC(C)(CO)NC(=O)c1cccc([N+](=O)[O-])c1Cl. The number of halogens is 1. The lowest BCUT2D eigenvalue weighted by Gasteiger charge is -2.27. The maximum Gasteiger partial charge on any atom is 0.288 e. The largest absolute Gasteiger partial charge is 0.394 e. The number of aliphatic hydroxyl groups excluding tert-OH is 1. The van der Waals surface area contributed by atoms with Crippen LogP contribution < -0.4 is 5.32 Å². The molecule has 0 spiro atoms. The van der Waals surface area contributed by atoms with E-state index in [1.807, 2.05) is 6.92 Å². The first kappa shape index (κ1) is 15.4. The normalized spacial score (nSPS) is 13.7. The van der Waals surface area contributed by atoms with Gasteiger partial charge in [-0.25, -0.2) is 0 Å². The first-order valence-electron chi connectivity index (χ1n) is 5.71. The molecule has 0 aliphatic heterocycles. The first-order valence-corrected chi connectivity index (χ1v) is 6.08. The molecule has 6 nitrogen and oxygen atoms in total. The molecule has 104 valence electrons. The van der Waals surface area contributed by atoms with Crippen molar-refractivity contribution in [3.63, 3.8) is 0 Å². The van der Waals surface area contributed by atoms with Crippen molar-refractivity contribution >= 4 is 23.2 Å². The lowest BCUT2D eigenvalue weighted by atomic mass is 9.99. The van der Waals surface area contributed by atoms with Gasteiger partial charge in [0.15, 0.2) is 0 Å². The predicted octanol–water partition coefficient (Wildman–Crippen LogP) is 2.14. The molecule has 1 amide bonds. The van der Waals surface area contributed by atoms with Crippen molar-refractivity contribution in [3.8, 4) is 0 Å². The second-order valence-corrected chi connectivity index (χ2v) is 4.80. The van der Waals surface area contributed by atoms with Crippen molar-refractivity contribution in [2.24, 2.45) is 0 Å². The van der Waals surface area contributed by atoms with E-state index >= 15 is 0 Å². The molecule has 0 heterocycles. The monoisotopic (exact) mass is 286 g/mol. The topological polar surface area (TPSA) is 92.5 Å². The fraction of sp³-hybridized carbons (Fsp3) is 0.417. The summed E-state index contributed by atoms with van der Waals surface area (Å²) in [6.45, 7) is 3.25. The number of benzene rings is 1. The van der Waals surface area contributed by atoms with Gasteiger partial charge in [0.2, 0.25) is 0 Å². The van der Waals surface area contributed by atoms with Gasteiger partial charge in [0.05, 0.1) is 22.6 Å². The van der Waals surface area contributed by atoms with Crippen LogP contribution in [0, 0.1) is 10.1 Å². The van der Waals surface area contributed by atoms with Crippen LogP contribution in [-0.2, 0) is 0 Å². The van der Waals surface area contributed by atoms with Gasteiger partial charge >= 0.3 is 0 Å². The summed E-state index contributed by atoms with van der Waals surface area (Å²) in [4.78, 5) is 22.1. The van der Waals surface area contributed by atoms with Crippen molar-refractivity contribution in [2.75, 3.05) is 6.61 Å². The minimum absolute atomic E-state index is 0.0176. The van der Waals surface area contributed by atoms with Crippen molar-refractivity contribution in [3.05, 3.63) is 38.9 Å². The zero-order valence-corrected chi connectivity index (χ0v) is 11.4. The van der Waals surface area contributed by atoms with Crippen LogP contribution in [0.15, 0.2) is 18.2 Å². The van der Waals surface area contributed by atoms with Crippen LogP contribution in [0.2, 0.25) is 5.02 Å². The molecule has 0 saturated heterocycles. The quantitative estimate of drug-likeness (QED) is 0.640. The summed E-state index contributed by atoms with van der Waals surface area (Å²) in [6, 6.07) is 4.02. The van der Waals surface area contributed by atoms with Gasteiger partial charge in [-0.2, -0.15) is 0 Å². The van der Waals surface area contributed by atoms with Gasteiger partial charge in [0.1, 0.15) is 5.02 Å². The van der Waals surface area contributed by atoms with Crippen LogP contribution in [0.25, 0.3) is 0 Å². The molecule has 0 aliphatic carbocycles. The highest BCUT2D eigenvalue weighted by molar-refractivity contribution is 6.35. The highest BCUT2D eigenvalue weighted by Gasteiger charge is 2.26. The van der Waals surface area contributed by atoms with E-state index in [2.05, 4.69) is 5.32 Å². The Morgan fingerprint density at radius 2 is 2.21 bits per heavy atom. The van der Waals surface area contributed by atoms with E-state index in [9.17, 15) is 20.0 Å². The van der Waals surface area contributed by atoms with Crippen molar-refractivity contribution in [1.29, 1.82) is 0 Å². The molecule has 1 aromatic rings. The van der Waals surface area contributed by atoms with Crippen LogP contribution in [0.1, 0.15) is 30.6 Å². The molecule has 0 fully saturated rings. The Balaban J connectivity index is 3.08. The number of rotatable bonds is 5. The van der Waals surface area contributed by atoms with Gasteiger partial charge in [0, 0.05) is 6.07 Å². The van der Waals surface area contributed by atoms with Crippen LogP contribution in [0.5, 0.6) is 0 Å². The van der Waals surface area contributed by atoms with Gasteiger partial charge in [-0.05, 0) is 19.4 Å². The zero-order chi connectivity index (χ0) is 14.6. The Kier molecular flexibility index (Phi) is 4.85. The molecule has 0 aromatic heterocycles. The minimum Gasteiger partial charge on any atom is -0.394 e. The number of carbonyl (C=O) groups excluding carboxylic acids is 1. The fourth-order valence-electron chi connectivity index (χ4n) is 1.42. The number of nitro benzene ring substituents is 1. The summed E-state index contributed by atoms with van der Waals surface area (Å²) >= 11 is 5.85. The van der Waals surface area contributed by atoms with Gasteiger partial charge in [-0.1, -0.05) is 24.6 Å². The summed E-state index contributed by atoms with van der Waals surface area (Å²) < 4.78 is 0. The zero-order valence-electron chi connectivity index (χ0n) is 10.6. The van der Waals surface area contributed by atoms with Crippen molar-refractivity contribution in [1.82, 2.24) is 5.32 Å². The number of nitrogens with zero attached hydrogens (tertiary/aromatic N) is 1. The van der Waals surface area contributed by atoms with Gasteiger partial charge in [-0.15, -0.1) is 0 Å². The maximum atomic E-state index is 12.0. The molecule has 1 aromatic carbocycles. The molecular formula is C12H15ClN2O4. The van der Waals surface area contributed by atoms with E-state index in [4.69, 9.17) is 11.6 Å². The Labute approximate surface area is 115 Å². The first-order chi connectivity index (χ1) is 8.84. The molecule has 1 atom stereocenters. The van der Waals surface area contributed by atoms with Crippen molar-refractivity contribution in [2.45, 2.75) is 25.8 Å². The highest BCUT2D eigenvalue weighted by Crippen LogP contribution is 2.28. The molecular weight excluding hydrogens is 272 g/mol. The molecule has 2 N–H and O–H groups in total. The third kappa shape index (κ3) is 3.42. The molecule has 7 heteroatoms.